The van der Waals surface area contributed by atoms with Gasteiger partial charge in [-0.2, -0.15) is 0 Å². The van der Waals surface area contributed by atoms with Crippen molar-refractivity contribution in [3.05, 3.63) is 77.0 Å². The number of nitrogens with two attached hydrogens (primary N) is 1. The maximum absolute atomic E-state index is 13.4. The summed E-state index contributed by atoms with van der Waals surface area (Å²) in [6.45, 7) is 13.8. The number of primary sulfonamides is 1. The molecule has 0 heterocycles. The van der Waals surface area contributed by atoms with Crippen LogP contribution in [0.15, 0.2) is 65.6 Å². The molecule has 0 amide bonds. The minimum absolute atomic E-state index is 0.0317. The quantitative estimate of drug-likeness (QED) is 0.588. The SMILES string of the molecule is C=C(/C=C\C(=C/C)C(C)/C(=C\C(C)(C)CC)c1ccc(F)cc1)S(N)(=O)=O. The van der Waals surface area contributed by atoms with Crippen LogP contribution in [0.3, 0.4) is 0 Å². The van der Waals surface area contributed by atoms with Crippen molar-refractivity contribution in [2.75, 3.05) is 0 Å². The van der Waals surface area contributed by atoms with Gasteiger partial charge in [-0.05, 0) is 53.7 Å². The zero-order chi connectivity index (χ0) is 20.8. The second-order valence-electron chi connectivity index (χ2n) is 7.30. The fourth-order valence-electron chi connectivity index (χ4n) is 2.58. The molecular weight excluding hydrogens is 361 g/mol. The molecule has 1 rings (SSSR count). The van der Waals surface area contributed by atoms with Gasteiger partial charge in [-0.25, -0.2) is 17.9 Å². The summed E-state index contributed by atoms with van der Waals surface area (Å²) in [4.78, 5) is -0.143. The number of benzene rings is 1. The second-order valence-corrected chi connectivity index (χ2v) is 8.92. The van der Waals surface area contributed by atoms with E-state index in [-0.39, 0.29) is 22.1 Å². The molecule has 0 aromatic heterocycles. The van der Waals surface area contributed by atoms with Gasteiger partial charge in [0.2, 0.25) is 10.0 Å². The molecule has 0 saturated carbocycles. The van der Waals surface area contributed by atoms with Crippen molar-refractivity contribution in [3.8, 4) is 0 Å². The zero-order valence-corrected chi connectivity index (χ0v) is 17.6. The van der Waals surface area contributed by atoms with Crippen LogP contribution >= 0.6 is 0 Å². The molecule has 27 heavy (non-hydrogen) atoms. The van der Waals surface area contributed by atoms with Crippen LogP contribution in [0, 0.1) is 17.2 Å². The topological polar surface area (TPSA) is 60.2 Å². The highest BCUT2D eigenvalue weighted by Gasteiger charge is 2.20. The van der Waals surface area contributed by atoms with E-state index in [1.54, 1.807) is 18.2 Å². The lowest BCUT2D eigenvalue weighted by Gasteiger charge is -2.25. The summed E-state index contributed by atoms with van der Waals surface area (Å²) in [5.74, 6) is -0.313. The first-order chi connectivity index (χ1) is 12.4. The Hall–Kier alpha value is -1.98. The molecule has 1 aromatic rings. The Labute approximate surface area is 163 Å². The van der Waals surface area contributed by atoms with Gasteiger partial charge in [0.1, 0.15) is 5.82 Å². The van der Waals surface area contributed by atoms with Gasteiger partial charge in [0.15, 0.2) is 0 Å². The van der Waals surface area contributed by atoms with Crippen LogP contribution in [0.2, 0.25) is 0 Å². The third-order valence-electron chi connectivity index (χ3n) is 4.76. The third-order valence-corrected chi connectivity index (χ3v) is 5.63. The second kappa shape index (κ2) is 9.29. The van der Waals surface area contributed by atoms with Crippen LogP contribution in [0.25, 0.3) is 5.57 Å². The monoisotopic (exact) mass is 391 g/mol. The van der Waals surface area contributed by atoms with E-state index in [9.17, 15) is 12.8 Å². The summed E-state index contributed by atoms with van der Waals surface area (Å²) in [7, 11) is -3.81. The fourth-order valence-corrected chi connectivity index (χ4v) is 2.84. The lowest BCUT2D eigenvalue weighted by Crippen LogP contribution is -2.13. The molecule has 2 N–H and O–H groups in total. The summed E-state index contributed by atoms with van der Waals surface area (Å²) in [6, 6.07) is 6.43. The predicted molar refractivity (Wildman–Crippen MR) is 113 cm³/mol. The molecular formula is C22H30FNO2S. The van der Waals surface area contributed by atoms with E-state index in [1.807, 2.05) is 19.9 Å². The largest absolute Gasteiger partial charge is 0.237 e. The van der Waals surface area contributed by atoms with E-state index < -0.39 is 10.0 Å². The average Bonchev–Trinajstić information content (AvgIpc) is 2.60. The Bertz CT molecular complexity index is 860. The summed E-state index contributed by atoms with van der Waals surface area (Å²) in [6.07, 6.45) is 8.21. The molecule has 0 spiro atoms. The molecule has 0 bridgehead atoms. The maximum atomic E-state index is 13.4. The van der Waals surface area contributed by atoms with Gasteiger partial charge in [0.25, 0.3) is 0 Å². The molecule has 0 saturated heterocycles. The normalized spacial score (nSPS) is 15.2. The van der Waals surface area contributed by atoms with Crippen LogP contribution in [0.5, 0.6) is 0 Å². The molecule has 148 valence electrons. The summed E-state index contributed by atoms with van der Waals surface area (Å²) < 4.78 is 36.1. The fraction of sp³-hybridized carbons (Fsp3) is 0.364. The van der Waals surface area contributed by atoms with Crippen LogP contribution in [-0.2, 0) is 10.0 Å². The van der Waals surface area contributed by atoms with Crippen molar-refractivity contribution in [1.82, 2.24) is 0 Å². The minimum atomic E-state index is -3.81. The van der Waals surface area contributed by atoms with E-state index in [4.69, 9.17) is 5.14 Å². The van der Waals surface area contributed by atoms with Crippen molar-refractivity contribution < 1.29 is 12.8 Å². The molecule has 1 aromatic carbocycles. The van der Waals surface area contributed by atoms with E-state index in [2.05, 4.69) is 33.4 Å². The van der Waals surface area contributed by atoms with Crippen molar-refractivity contribution >= 4 is 15.6 Å². The summed E-state index contributed by atoms with van der Waals surface area (Å²) >= 11 is 0. The summed E-state index contributed by atoms with van der Waals surface area (Å²) in [5, 5.41) is 5.10. The van der Waals surface area contributed by atoms with Crippen molar-refractivity contribution in [2.45, 2.75) is 41.0 Å². The molecule has 0 fully saturated rings. The van der Waals surface area contributed by atoms with Crippen LogP contribution in [-0.4, -0.2) is 8.42 Å². The van der Waals surface area contributed by atoms with Gasteiger partial charge in [-0.3, -0.25) is 0 Å². The van der Waals surface area contributed by atoms with Crippen molar-refractivity contribution in [1.29, 1.82) is 0 Å². The number of rotatable bonds is 8. The first kappa shape index (κ1) is 23.1. The smallest absolute Gasteiger partial charge is 0.225 e. The van der Waals surface area contributed by atoms with Crippen LogP contribution in [0.1, 0.15) is 46.6 Å². The highest BCUT2D eigenvalue weighted by molar-refractivity contribution is 7.93. The van der Waals surface area contributed by atoms with Gasteiger partial charge in [-0.1, -0.05) is 64.6 Å². The van der Waals surface area contributed by atoms with E-state index in [0.717, 1.165) is 23.1 Å². The number of hydrogen-bond acceptors (Lipinski definition) is 2. The van der Waals surface area contributed by atoms with Gasteiger partial charge < -0.3 is 0 Å². The maximum Gasteiger partial charge on any atom is 0.237 e. The number of hydrogen-bond donors (Lipinski definition) is 1. The highest BCUT2D eigenvalue weighted by atomic mass is 32.2. The highest BCUT2D eigenvalue weighted by Crippen LogP contribution is 2.35. The first-order valence-electron chi connectivity index (χ1n) is 8.96. The zero-order valence-electron chi connectivity index (χ0n) is 16.8. The molecule has 0 radical (unpaired) electrons. The van der Waals surface area contributed by atoms with Gasteiger partial charge in [-0.15, -0.1) is 0 Å². The Balaban J connectivity index is 3.37. The Morgan fingerprint density at radius 1 is 1.26 bits per heavy atom. The van der Waals surface area contributed by atoms with Gasteiger partial charge >= 0.3 is 0 Å². The van der Waals surface area contributed by atoms with Crippen molar-refractivity contribution in [3.63, 3.8) is 0 Å². The lowest BCUT2D eigenvalue weighted by molar-refractivity contribution is 0.461. The van der Waals surface area contributed by atoms with Crippen LogP contribution < -0.4 is 5.14 Å². The lowest BCUT2D eigenvalue weighted by atomic mass is 9.80. The number of halogens is 1. The van der Waals surface area contributed by atoms with E-state index in [0.29, 0.717) is 0 Å². The summed E-state index contributed by atoms with van der Waals surface area (Å²) in [5.41, 5.74) is 2.87. The molecule has 5 heteroatoms. The molecule has 3 nitrogen and oxygen atoms in total. The van der Waals surface area contributed by atoms with Crippen LogP contribution in [0.4, 0.5) is 4.39 Å². The molecule has 0 aliphatic heterocycles. The number of sulfonamides is 1. The molecule has 0 aliphatic carbocycles. The molecule has 1 unspecified atom stereocenters. The Kier molecular flexibility index (Phi) is 7.93. The van der Waals surface area contributed by atoms with Gasteiger partial charge in [0.05, 0.1) is 4.91 Å². The first-order valence-corrected chi connectivity index (χ1v) is 10.5. The Morgan fingerprint density at radius 3 is 2.26 bits per heavy atom. The van der Waals surface area contributed by atoms with E-state index >= 15 is 0 Å². The molecule has 1 atom stereocenters. The van der Waals surface area contributed by atoms with E-state index in [1.165, 1.54) is 18.2 Å². The molecule has 0 aliphatic rings. The predicted octanol–water partition coefficient (Wildman–Crippen LogP) is 5.59. The minimum Gasteiger partial charge on any atom is -0.225 e. The third kappa shape index (κ3) is 6.92. The van der Waals surface area contributed by atoms with Crippen molar-refractivity contribution in [2.24, 2.45) is 16.5 Å². The standard InChI is InChI=1S/C22H30FNO2S/c1-7-18(10-9-16(3)27(24,25)26)17(4)21(15-22(5,6)8-2)19-11-13-20(23)14-12-19/h7,9-15,17H,3,8H2,1-2,4-6H3,(H2,24,25,26)/b10-9-,18-7+,21-15+. The Morgan fingerprint density at radius 2 is 1.81 bits per heavy atom. The average molecular weight is 392 g/mol. The number of allylic oxidation sites excluding steroid dienone is 6. The van der Waals surface area contributed by atoms with Gasteiger partial charge in [0, 0.05) is 5.92 Å².